The van der Waals surface area contributed by atoms with Gasteiger partial charge in [0.05, 0.1) is 16.3 Å². The maximum atomic E-state index is 13.0. The van der Waals surface area contributed by atoms with Crippen LogP contribution in [-0.2, 0) is 10.2 Å². The molecule has 3 heterocycles. The number of rotatable bonds is 3. The van der Waals surface area contributed by atoms with Gasteiger partial charge in [-0.05, 0) is 105 Å². The van der Waals surface area contributed by atoms with Gasteiger partial charge in [-0.3, -0.25) is 4.79 Å². The summed E-state index contributed by atoms with van der Waals surface area (Å²) in [6, 6.07) is 10.4. The van der Waals surface area contributed by atoms with Crippen molar-refractivity contribution in [1.29, 1.82) is 0 Å². The van der Waals surface area contributed by atoms with E-state index in [2.05, 4.69) is 53.4 Å². The first-order chi connectivity index (χ1) is 17.0. The minimum atomic E-state index is -0.0902. The molecule has 0 spiro atoms. The number of likely N-dealkylation sites (tertiary alicyclic amines) is 1. The molecule has 6 aliphatic rings. The quantitative estimate of drug-likeness (QED) is 0.496. The lowest BCUT2D eigenvalue weighted by Gasteiger charge is -2.56. The monoisotopic (exact) mass is 486 g/mol. The standard InChI is InChI=1S/C29H34N4OS/c1-19-7-9-32(10-8-19)28-30-27(34)25(35-28)14-23-18-33(24-5-3-2-4-6-24)31-26(23)29-15-20-11-21(16-29)13-22(12-20)17-29/h2-6,14,18-22H,7-13,15-17H2,1H3/b25-14-. The molecule has 35 heavy (non-hydrogen) atoms. The third kappa shape index (κ3) is 3.89. The fourth-order valence-electron chi connectivity index (χ4n) is 7.89. The summed E-state index contributed by atoms with van der Waals surface area (Å²) >= 11 is 1.56. The number of benzene rings is 1. The molecular weight excluding hydrogens is 452 g/mol. The average molecular weight is 487 g/mol. The van der Waals surface area contributed by atoms with Crippen molar-refractivity contribution in [1.82, 2.24) is 14.7 Å². The molecule has 5 nitrogen and oxygen atoms in total. The van der Waals surface area contributed by atoms with Crippen molar-refractivity contribution in [2.75, 3.05) is 13.1 Å². The van der Waals surface area contributed by atoms with Crippen molar-refractivity contribution in [2.24, 2.45) is 28.7 Å². The van der Waals surface area contributed by atoms with Crippen LogP contribution in [0.5, 0.6) is 0 Å². The first kappa shape index (κ1) is 21.9. The molecular formula is C29H34N4OS. The Balaban J connectivity index is 1.25. The molecule has 4 saturated carbocycles. The molecule has 0 unspecified atom stereocenters. The molecule has 4 bridgehead atoms. The molecule has 0 N–H and O–H groups in total. The van der Waals surface area contributed by atoms with Crippen molar-refractivity contribution in [3.63, 3.8) is 0 Å². The smallest absolute Gasteiger partial charge is 0.286 e. The van der Waals surface area contributed by atoms with Gasteiger partial charge in [0, 0.05) is 30.3 Å². The van der Waals surface area contributed by atoms with Crippen LogP contribution < -0.4 is 0 Å². The Hall–Kier alpha value is -2.34. The van der Waals surface area contributed by atoms with Gasteiger partial charge >= 0.3 is 0 Å². The normalized spacial score (nSPS) is 33.7. The molecule has 4 aliphatic carbocycles. The summed E-state index contributed by atoms with van der Waals surface area (Å²) < 4.78 is 2.04. The largest absolute Gasteiger partial charge is 0.351 e. The Morgan fingerprint density at radius 3 is 2.31 bits per heavy atom. The highest BCUT2D eigenvalue weighted by Crippen LogP contribution is 2.61. The highest BCUT2D eigenvalue weighted by atomic mass is 32.2. The van der Waals surface area contributed by atoms with Crippen LogP contribution >= 0.6 is 11.8 Å². The van der Waals surface area contributed by atoms with E-state index < -0.39 is 0 Å². The average Bonchev–Trinajstić information content (AvgIpc) is 3.44. The Kier molecular flexibility index (Phi) is 5.23. The van der Waals surface area contributed by atoms with Crippen LogP contribution in [0.25, 0.3) is 11.8 Å². The van der Waals surface area contributed by atoms with Crippen LogP contribution in [0, 0.1) is 23.7 Å². The zero-order valence-electron chi connectivity index (χ0n) is 20.5. The Morgan fingerprint density at radius 2 is 1.66 bits per heavy atom. The topological polar surface area (TPSA) is 50.5 Å². The summed E-state index contributed by atoms with van der Waals surface area (Å²) in [5, 5.41) is 6.15. The van der Waals surface area contributed by atoms with E-state index in [1.54, 1.807) is 11.8 Å². The predicted octanol–water partition coefficient (Wildman–Crippen LogP) is 6.04. The van der Waals surface area contributed by atoms with Gasteiger partial charge in [0.15, 0.2) is 5.17 Å². The van der Waals surface area contributed by atoms with E-state index >= 15 is 0 Å². The third-order valence-corrected chi connectivity index (χ3v) is 10.3. The van der Waals surface area contributed by atoms with Gasteiger partial charge in [-0.1, -0.05) is 25.1 Å². The van der Waals surface area contributed by atoms with E-state index in [1.807, 2.05) is 10.7 Å². The number of amidine groups is 1. The number of hydrogen-bond donors (Lipinski definition) is 0. The minimum Gasteiger partial charge on any atom is -0.351 e. The van der Waals surface area contributed by atoms with Gasteiger partial charge in [-0.2, -0.15) is 10.1 Å². The number of piperidine rings is 1. The lowest BCUT2D eigenvalue weighted by atomic mass is 9.48. The van der Waals surface area contributed by atoms with Crippen molar-refractivity contribution in [2.45, 2.75) is 63.7 Å². The van der Waals surface area contributed by atoms with Gasteiger partial charge in [-0.15, -0.1) is 0 Å². The first-order valence-corrected chi connectivity index (χ1v) is 14.3. The summed E-state index contributed by atoms with van der Waals surface area (Å²) in [6.07, 6.45) is 14.6. The van der Waals surface area contributed by atoms with Crippen LogP contribution in [0.4, 0.5) is 0 Å². The van der Waals surface area contributed by atoms with Gasteiger partial charge in [0.1, 0.15) is 0 Å². The number of aliphatic imine (C=N–C) groups is 1. The number of thioether (sulfide) groups is 1. The van der Waals surface area contributed by atoms with Crippen molar-refractivity contribution < 1.29 is 4.79 Å². The van der Waals surface area contributed by atoms with Gasteiger partial charge in [0.2, 0.25) is 0 Å². The van der Waals surface area contributed by atoms with E-state index in [1.165, 1.54) is 57.1 Å². The lowest BCUT2D eigenvalue weighted by molar-refractivity contribution is -0.113. The molecule has 182 valence electrons. The molecule has 0 atom stereocenters. The number of para-hydroxylation sites is 1. The van der Waals surface area contributed by atoms with Gasteiger partial charge < -0.3 is 4.90 Å². The molecule has 1 saturated heterocycles. The van der Waals surface area contributed by atoms with E-state index in [-0.39, 0.29) is 11.3 Å². The maximum Gasteiger partial charge on any atom is 0.286 e. The Bertz CT molecular complexity index is 1170. The van der Waals surface area contributed by atoms with E-state index in [0.29, 0.717) is 0 Å². The number of carbonyl (C=O) groups is 1. The molecule has 0 radical (unpaired) electrons. The molecule has 1 aromatic heterocycles. The van der Waals surface area contributed by atoms with E-state index in [0.717, 1.165) is 58.1 Å². The van der Waals surface area contributed by atoms with E-state index in [9.17, 15) is 4.79 Å². The highest BCUT2D eigenvalue weighted by Gasteiger charge is 2.53. The molecule has 2 aliphatic heterocycles. The zero-order chi connectivity index (χ0) is 23.6. The Morgan fingerprint density at radius 1 is 1.00 bits per heavy atom. The van der Waals surface area contributed by atoms with Crippen LogP contribution in [0.15, 0.2) is 46.4 Å². The van der Waals surface area contributed by atoms with Gasteiger partial charge in [-0.25, -0.2) is 4.68 Å². The number of amides is 1. The summed E-state index contributed by atoms with van der Waals surface area (Å²) in [4.78, 5) is 20.5. The van der Waals surface area contributed by atoms with Crippen LogP contribution in [0.2, 0.25) is 0 Å². The number of nitrogens with zero attached hydrogens (tertiary/aromatic N) is 4. The summed E-state index contributed by atoms with van der Waals surface area (Å²) in [5.74, 6) is 3.22. The predicted molar refractivity (Wildman–Crippen MR) is 141 cm³/mol. The fraction of sp³-hybridized carbons (Fsp3) is 0.552. The lowest BCUT2D eigenvalue weighted by Crippen LogP contribution is -2.49. The molecule has 5 fully saturated rings. The second-order valence-electron chi connectivity index (χ2n) is 11.9. The van der Waals surface area contributed by atoms with Crippen molar-refractivity contribution in [3.05, 3.63) is 52.7 Å². The first-order valence-electron chi connectivity index (χ1n) is 13.5. The van der Waals surface area contributed by atoms with Crippen molar-refractivity contribution in [3.8, 4) is 5.69 Å². The number of hydrogen-bond acceptors (Lipinski definition) is 4. The molecule has 6 heteroatoms. The summed E-state index contributed by atoms with van der Waals surface area (Å²) in [7, 11) is 0. The maximum absolute atomic E-state index is 13.0. The third-order valence-electron chi connectivity index (χ3n) is 9.25. The molecule has 8 rings (SSSR count). The second-order valence-corrected chi connectivity index (χ2v) is 12.9. The minimum absolute atomic E-state index is 0.0902. The Labute approximate surface area is 212 Å². The number of aromatic nitrogens is 2. The fourth-order valence-corrected chi connectivity index (χ4v) is 8.85. The van der Waals surface area contributed by atoms with E-state index in [4.69, 9.17) is 5.10 Å². The van der Waals surface area contributed by atoms with Crippen LogP contribution in [0.3, 0.4) is 0 Å². The second kappa shape index (κ2) is 8.36. The molecule has 1 amide bonds. The van der Waals surface area contributed by atoms with Crippen molar-refractivity contribution >= 4 is 28.9 Å². The highest BCUT2D eigenvalue weighted by molar-refractivity contribution is 8.18. The number of carbonyl (C=O) groups excluding carboxylic acids is 1. The van der Waals surface area contributed by atoms with Gasteiger partial charge in [0.25, 0.3) is 5.91 Å². The molecule has 1 aromatic carbocycles. The summed E-state index contributed by atoms with van der Waals surface area (Å²) in [6.45, 7) is 4.31. The molecule has 2 aromatic rings. The SMILES string of the molecule is CC1CCN(C2=NC(=O)/C(=C/c3cn(-c4ccccc4)nc3C34CC5CC(CC(C5)C3)C4)S2)CC1. The van der Waals surface area contributed by atoms with Crippen LogP contribution in [-0.4, -0.2) is 38.8 Å². The van der Waals surface area contributed by atoms with Crippen LogP contribution in [0.1, 0.15) is 69.5 Å². The summed E-state index contributed by atoms with van der Waals surface area (Å²) in [5.41, 5.74) is 3.59. The zero-order valence-corrected chi connectivity index (χ0v) is 21.3.